The number of hydrogen-bond donors (Lipinski definition) is 0. The minimum Gasteiger partial charge on any atom is -0.294 e. The molecule has 0 aliphatic rings. The molecule has 0 bridgehead atoms. The highest BCUT2D eigenvalue weighted by molar-refractivity contribution is 6.02. The molecule has 0 spiro atoms. The highest BCUT2D eigenvalue weighted by Gasteiger charge is 2.30. The summed E-state index contributed by atoms with van der Waals surface area (Å²) in [6, 6.07) is 7.99. The Balaban J connectivity index is 2.51. The minimum atomic E-state index is -4.43. The lowest BCUT2D eigenvalue weighted by Crippen LogP contribution is -2.04. The molecule has 0 amide bonds. The maximum atomic E-state index is 13.4. The van der Waals surface area contributed by atoms with E-state index in [9.17, 15) is 22.4 Å². The molecule has 0 aliphatic carbocycles. The molecule has 0 heterocycles. The van der Waals surface area contributed by atoms with E-state index in [1.807, 2.05) is 0 Å². The van der Waals surface area contributed by atoms with Crippen LogP contribution in [0.15, 0.2) is 42.5 Å². The van der Waals surface area contributed by atoms with Crippen molar-refractivity contribution in [3.05, 3.63) is 59.4 Å². The van der Waals surface area contributed by atoms with E-state index in [1.54, 1.807) is 6.92 Å². The van der Waals surface area contributed by atoms with Gasteiger partial charge >= 0.3 is 6.18 Å². The topological polar surface area (TPSA) is 17.1 Å². The van der Waals surface area contributed by atoms with Gasteiger partial charge in [0.25, 0.3) is 0 Å². The largest absolute Gasteiger partial charge is 0.416 e. The molecular formula is C16H12F4O. The van der Waals surface area contributed by atoms with E-state index in [-0.39, 0.29) is 12.2 Å². The summed E-state index contributed by atoms with van der Waals surface area (Å²) in [7, 11) is 0. The molecule has 1 nitrogen and oxygen atoms in total. The monoisotopic (exact) mass is 296 g/mol. The fraction of sp³-hybridized carbons (Fsp3) is 0.188. The van der Waals surface area contributed by atoms with Gasteiger partial charge in [0, 0.05) is 12.0 Å². The average molecular weight is 296 g/mol. The van der Waals surface area contributed by atoms with E-state index in [4.69, 9.17) is 0 Å². The number of benzene rings is 2. The summed E-state index contributed by atoms with van der Waals surface area (Å²) < 4.78 is 51.0. The van der Waals surface area contributed by atoms with Crippen LogP contribution in [0.1, 0.15) is 29.3 Å². The van der Waals surface area contributed by atoms with Crippen LogP contribution in [0.4, 0.5) is 17.6 Å². The zero-order valence-electron chi connectivity index (χ0n) is 11.2. The second-order valence-electron chi connectivity index (χ2n) is 4.54. The van der Waals surface area contributed by atoms with Crippen LogP contribution < -0.4 is 0 Å². The summed E-state index contributed by atoms with van der Waals surface area (Å²) in [5.41, 5.74) is 0.194. The SMILES string of the molecule is CCC(=O)c1ccc(F)cc1-c1ccc(C(F)(F)F)cc1. The van der Waals surface area contributed by atoms with Crippen LogP contribution in [0.2, 0.25) is 0 Å². The van der Waals surface area contributed by atoms with E-state index in [1.165, 1.54) is 18.2 Å². The first kappa shape index (κ1) is 15.2. The van der Waals surface area contributed by atoms with Gasteiger partial charge in [-0.05, 0) is 41.5 Å². The molecule has 0 atom stereocenters. The Morgan fingerprint density at radius 3 is 2.19 bits per heavy atom. The summed E-state index contributed by atoms with van der Waals surface area (Å²) in [5, 5.41) is 0. The lowest BCUT2D eigenvalue weighted by atomic mass is 9.95. The number of Topliss-reactive ketones (excluding diaryl/α,β-unsaturated/α-hetero) is 1. The molecule has 0 radical (unpaired) electrons. The predicted octanol–water partition coefficient (Wildman–Crippen LogP) is 5.10. The molecule has 0 fully saturated rings. The smallest absolute Gasteiger partial charge is 0.294 e. The third-order valence-electron chi connectivity index (χ3n) is 3.13. The maximum absolute atomic E-state index is 13.4. The van der Waals surface area contributed by atoms with Crippen molar-refractivity contribution in [3.8, 4) is 11.1 Å². The third-order valence-corrected chi connectivity index (χ3v) is 3.13. The Kier molecular flexibility index (Phi) is 4.11. The Hall–Kier alpha value is -2.17. The molecule has 0 unspecified atom stereocenters. The first-order chi connectivity index (χ1) is 9.82. The second kappa shape index (κ2) is 5.68. The minimum absolute atomic E-state index is 0.190. The van der Waals surface area contributed by atoms with Crippen molar-refractivity contribution in [2.75, 3.05) is 0 Å². The van der Waals surface area contributed by atoms with Gasteiger partial charge in [0.1, 0.15) is 5.82 Å². The third kappa shape index (κ3) is 3.29. The van der Waals surface area contributed by atoms with Crippen LogP contribution >= 0.6 is 0 Å². The van der Waals surface area contributed by atoms with E-state index in [0.29, 0.717) is 16.7 Å². The summed E-state index contributed by atoms with van der Waals surface area (Å²) in [6.07, 6.45) is -4.19. The van der Waals surface area contributed by atoms with Crippen LogP contribution in [-0.4, -0.2) is 5.78 Å². The van der Waals surface area contributed by atoms with Crippen molar-refractivity contribution in [1.29, 1.82) is 0 Å². The predicted molar refractivity (Wildman–Crippen MR) is 71.5 cm³/mol. The Morgan fingerprint density at radius 1 is 1.05 bits per heavy atom. The second-order valence-corrected chi connectivity index (χ2v) is 4.54. The molecule has 110 valence electrons. The number of carbonyl (C=O) groups is 1. The lowest BCUT2D eigenvalue weighted by molar-refractivity contribution is -0.137. The van der Waals surface area contributed by atoms with Crippen molar-refractivity contribution < 1.29 is 22.4 Å². The van der Waals surface area contributed by atoms with Crippen LogP contribution in [0.5, 0.6) is 0 Å². The number of hydrogen-bond acceptors (Lipinski definition) is 1. The average Bonchev–Trinajstić information content (AvgIpc) is 2.45. The zero-order valence-corrected chi connectivity index (χ0v) is 11.2. The normalized spacial score (nSPS) is 11.5. The van der Waals surface area contributed by atoms with Crippen LogP contribution in [0.3, 0.4) is 0 Å². The van der Waals surface area contributed by atoms with Gasteiger partial charge in [-0.2, -0.15) is 13.2 Å². The van der Waals surface area contributed by atoms with Crippen molar-refractivity contribution in [1.82, 2.24) is 0 Å². The zero-order chi connectivity index (χ0) is 15.6. The standard InChI is InChI=1S/C16H12F4O/c1-2-15(21)13-8-7-12(17)9-14(13)10-3-5-11(6-4-10)16(18,19)20/h3-9H,2H2,1H3. The van der Waals surface area contributed by atoms with Crippen molar-refractivity contribution in [2.45, 2.75) is 19.5 Å². The summed E-state index contributed by atoms with van der Waals surface area (Å²) in [6.45, 7) is 1.67. The molecule has 2 rings (SSSR count). The molecular weight excluding hydrogens is 284 g/mol. The number of halogens is 4. The van der Waals surface area contributed by atoms with E-state index in [2.05, 4.69) is 0 Å². The summed E-state index contributed by atoms with van der Waals surface area (Å²) in [4.78, 5) is 11.8. The molecule has 2 aromatic carbocycles. The van der Waals surface area contributed by atoms with E-state index in [0.717, 1.165) is 24.3 Å². The van der Waals surface area contributed by atoms with Crippen LogP contribution in [0, 0.1) is 5.82 Å². The van der Waals surface area contributed by atoms with Gasteiger partial charge in [0.05, 0.1) is 5.56 Å². The molecule has 0 saturated heterocycles. The van der Waals surface area contributed by atoms with E-state index >= 15 is 0 Å². The van der Waals surface area contributed by atoms with Gasteiger partial charge in [-0.3, -0.25) is 4.79 Å². The van der Waals surface area contributed by atoms with Crippen LogP contribution in [-0.2, 0) is 6.18 Å². The Morgan fingerprint density at radius 2 is 1.67 bits per heavy atom. The van der Waals surface area contributed by atoms with Crippen LogP contribution in [0.25, 0.3) is 11.1 Å². The van der Waals surface area contributed by atoms with E-state index < -0.39 is 17.6 Å². The Labute approximate surface area is 119 Å². The fourth-order valence-electron chi connectivity index (χ4n) is 2.03. The van der Waals surface area contributed by atoms with Crippen molar-refractivity contribution >= 4 is 5.78 Å². The Bertz CT molecular complexity index is 657. The number of rotatable bonds is 3. The molecule has 0 aliphatic heterocycles. The maximum Gasteiger partial charge on any atom is 0.416 e. The number of carbonyl (C=O) groups excluding carboxylic acids is 1. The summed E-state index contributed by atoms with van der Waals surface area (Å²) >= 11 is 0. The van der Waals surface area contributed by atoms with Crippen molar-refractivity contribution in [3.63, 3.8) is 0 Å². The van der Waals surface area contributed by atoms with Gasteiger partial charge in [0.15, 0.2) is 5.78 Å². The summed E-state index contributed by atoms with van der Waals surface area (Å²) in [5.74, 6) is -0.734. The van der Waals surface area contributed by atoms with Gasteiger partial charge < -0.3 is 0 Å². The molecule has 0 saturated carbocycles. The number of ketones is 1. The molecule has 5 heteroatoms. The number of alkyl halides is 3. The molecule has 2 aromatic rings. The molecule has 0 N–H and O–H groups in total. The highest BCUT2D eigenvalue weighted by Crippen LogP contribution is 2.32. The van der Waals surface area contributed by atoms with Gasteiger partial charge in [-0.25, -0.2) is 4.39 Å². The fourth-order valence-corrected chi connectivity index (χ4v) is 2.03. The van der Waals surface area contributed by atoms with Crippen molar-refractivity contribution in [2.24, 2.45) is 0 Å². The first-order valence-corrected chi connectivity index (χ1v) is 6.33. The lowest BCUT2D eigenvalue weighted by Gasteiger charge is -2.11. The first-order valence-electron chi connectivity index (χ1n) is 6.33. The molecule has 21 heavy (non-hydrogen) atoms. The van der Waals surface area contributed by atoms with Gasteiger partial charge in [-0.1, -0.05) is 19.1 Å². The highest BCUT2D eigenvalue weighted by atomic mass is 19.4. The molecule has 0 aromatic heterocycles. The van der Waals surface area contributed by atoms with Gasteiger partial charge in [-0.15, -0.1) is 0 Å². The van der Waals surface area contributed by atoms with Gasteiger partial charge in [0.2, 0.25) is 0 Å². The quantitative estimate of drug-likeness (QED) is 0.568.